The van der Waals surface area contributed by atoms with E-state index < -0.39 is 12.0 Å². The Balaban J connectivity index is 2.14. The largest absolute Gasteiger partial charge is 0.454 e. The molecule has 1 aromatic carbocycles. The molecule has 0 aliphatic heterocycles. The van der Waals surface area contributed by atoms with E-state index in [4.69, 9.17) is 4.74 Å². The zero-order valence-corrected chi connectivity index (χ0v) is 14.1. The Morgan fingerprint density at radius 3 is 2.50 bits per heavy atom. The van der Waals surface area contributed by atoms with Crippen LogP contribution in [0.4, 0.5) is 4.79 Å². The molecule has 0 radical (unpaired) electrons. The lowest BCUT2D eigenvalue weighted by Crippen LogP contribution is -2.40. The van der Waals surface area contributed by atoms with Gasteiger partial charge in [0.05, 0.1) is 0 Å². The van der Waals surface area contributed by atoms with Gasteiger partial charge in [-0.3, -0.25) is 9.59 Å². The Morgan fingerprint density at radius 1 is 1.12 bits per heavy atom. The number of urea groups is 1. The fraction of sp³-hybridized carbons (Fsp3) is 0.471. The minimum Gasteiger partial charge on any atom is -0.454 e. The van der Waals surface area contributed by atoms with E-state index >= 15 is 0 Å². The van der Waals surface area contributed by atoms with E-state index in [1.807, 2.05) is 44.2 Å². The standard InChI is InChI=1S/C17H25N3O4/c1-3-7-13(2)20-15(21)12-24-16(22)11-19-17(23)18-10-14-8-5-4-6-9-14/h4-6,8-9,13H,3,7,10-12H2,1-2H3,(H,20,21)(H2,18,19,23). The van der Waals surface area contributed by atoms with Gasteiger partial charge in [0.25, 0.3) is 5.91 Å². The van der Waals surface area contributed by atoms with Crippen LogP contribution in [0.25, 0.3) is 0 Å². The fourth-order valence-electron chi connectivity index (χ4n) is 2.01. The van der Waals surface area contributed by atoms with Crippen molar-refractivity contribution >= 4 is 17.9 Å². The normalized spacial score (nSPS) is 11.2. The second-order valence-electron chi connectivity index (χ2n) is 5.44. The second kappa shape index (κ2) is 11.0. The number of ether oxygens (including phenoxy) is 1. The predicted octanol–water partition coefficient (Wildman–Crippen LogP) is 1.33. The van der Waals surface area contributed by atoms with Gasteiger partial charge in [0.1, 0.15) is 6.54 Å². The molecular weight excluding hydrogens is 310 g/mol. The van der Waals surface area contributed by atoms with Crippen LogP contribution in [0, 0.1) is 0 Å². The molecule has 0 aliphatic rings. The van der Waals surface area contributed by atoms with Crippen LogP contribution in [-0.4, -0.2) is 37.1 Å². The molecule has 7 nitrogen and oxygen atoms in total. The van der Waals surface area contributed by atoms with Crippen molar-refractivity contribution in [2.45, 2.75) is 39.3 Å². The number of hydrogen-bond acceptors (Lipinski definition) is 4. The van der Waals surface area contributed by atoms with E-state index in [0.717, 1.165) is 18.4 Å². The number of nitrogens with one attached hydrogen (secondary N) is 3. The maximum absolute atomic E-state index is 11.6. The van der Waals surface area contributed by atoms with Crippen molar-refractivity contribution in [3.8, 4) is 0 Å². The minimum atomic E-state index is -0.664. The topological polar surface area (TPSA) is 96.5 Å². The molecule has 24 heavy (non-hydrogen) atoms. The highest BCUT2D eigenvalue weighted by atomic mass is 16.5. The Bertz CT molecular complexity index is 534. The third-order valence-corrected chi connectivity index (χ3v) is 3.18. The van der Waals surface area contributed by atoms with Crippen LogP contribution in [-0.2, 0) is 20.9 Å². The number of carbonyl (C=O) groups excluding carboxylic acids is 3. The number of benzene rings is 1. The summed E-state index contributed by atoms with van der Waals surface area (Å²) in [6, 6.07) is 8.97. The van der Waals surface area contributed by atoms with Crippen LogP contribution in [0.2, 0.25) is 0 Å². The second-order valence-corrected chi connectivity index (χ2v) is 5.44. The summed E-state index contributed by atoms with van der Waals surface area (Å²) in [7, 11) is 0. The van der Waals surface area contributed by atoms with Gasteiger partial charge in [-0.15, -0.1) is 0 Å². The maximum atomic E-state index is 11.6. The molecule has 1 rings (SSSR count). The molecule has 3 N–H and O–H groups in total. The average molecular weight is 335 g/mol. The van der Waals surface area contributed by atoms with Gasteiger partial charge in [-0.25, -0.2) is 4.79 Å². The van der Waals surface area contributed by atoms with Crippen molar-refractivity contribution in [2.75, 3.05) is 13.2 Å². The molecule has 1 aromatic rings. The van der Waals surface area contributed by atoms with Gasteiger partial charge in [0.15, 0.2) is 6.61 Å². The minimum absolute atomic E-state index is 0.0445. The van der Waals surface area contributed by atoms with Crippen molar-refractivity contribution in [1.29, 1.82) is 0 Å². The van der Waals surface area contributed by atoms with E-state index in [0.29, 0.717) is 6.54 Å². The Morgan fingerprint density at radius 2 is 1.83 bits per heavy atom. The monoisotopic (exact) mass is 335 g/mol. The Hall–Kier alpha value is -2.57. The molecule has 0 bridgehead atoms. The molecule has 0 fully saturated rings. The highest BCUT2D eigenvalue weighted by Gasteiger charge is 2.11. The van der Waals surface area contributed by atoms with Crippen LogP contribution in [0.15, 0.2) is 30.3 Å². The lowest BCUT2D eigenvalue weighted by atomic mass is 10.2. The molecule has 0 spiro atoms. The molecular formula is C17H25N3O4. The first-order chi connectivity index (χ1) is 11.5. The Kier molecular flexibility index (Phi) is 8.96. The van der Waals surface area contributed by atoms with Crippen LogP contribution in [0.5, 0.6) is 0 Å². The van der Waals surface area contributed by atoms with Gasteiger partial charge in [-0.05, 0) is 18.9 Å². The van der Waals surface area contributed by atoms with Gasteiger partial charge in [0, 0.05) is 12.6 Å². The smallest absolute Gasteiger partial charge is 0.325 e. The van der Waals surface area contributed by atoms with Crippen molar-refractivity contribution in [1.82, 2.24) is 16.0 Å². The molecule has 0 saturated carbocycles. The summed E-state index contributed by atoms with van der Waals surface area (Å²) in [6.07, 6.45) is 1.83. The maximum Gasteiger partial charge on any atom is 0.325 e. The lowest BCUT2D eigenvalue weighted by molar-refractivity contribution is -0.147. The number of rotatable bonds is 9. The zero-order valence-electron chi connectivity index (χ0n) is 14.1. The van der Waals surface area contributed by atoms with Crippen LogP contribution in [0.3, 0.4) is 0 Å². The average Bonchev–Trinajstić information content (AvgIpc) is 2.57. The number of amides is 3. The summed E-state index contributed by atoms with van der Waals surface area (Å²) in [5.41, 5.74) is 0.952. The summed E-state index contributed by atoms with van der Waals surface area (Å²) in [4.78, 5) is 34.6. The van der Waals surface area contributed by atoms with Gasteiger partial charge in [-0.2, -0.15) is 0 Å². The van der Waals surface area contributed by atoms with E-state index in [2.05, 4.69) is 16.0 Å². The molecule has 0 heterocycles. The van der Waals surface area contributed by atoms with E-state index in [1.165, 1.54) is 0 Å². The quantitative estimate of drug-likeness (QED) is 0.593. The van der Waals surface area contributed by atoms with Gasteiger partial charge >= 0.3 is 12.0 Å². The Labute approximate surface area is 142 Å². The van der Waals surface area contributed by atoms with Crippen molar-refractivity contribution in [2.24, 2.45) is 0 Å². The van der Waals surface area contributed by atoms with Crippen molar-refractivity contribution in [3.63, 3.8) is 0 Å². The third-order valence-electron chi connectivity index (χ3n) is 3.18. The summed E-state index contributed by atoms with van der Waals surface area (Å²) in [5, 5.41) is 7.73. The fourth-order valence-corrected chi connectivity index (χ4v) is 2.01. The van der Waals surface area contributed by atoms with E-state index in [1.54, 1.807) is 0 Å². The van der Waals surface area contributed by atoms with Gasteiger partial charge in [0.2, 0.25) is 0 Å². The molecule has 0 aliphatic carbocycles. The van der Waals surface area contributed by atoms with Crippen molar-refractivity contribution < 1.29 is 19.1 Å². The van der Waals surface area contributed by atoms with Gasteiger partial charge < -0.3 is 20.7 Å². The molecule has 1 atom stereocenters. The first-order valence-electron chi connectivity index (χ1n) is 8.02. The third kappa shape index (κ3) is 8.77. The number of esters is 1. The van der Waals surface area contributed by atoms with Crippen LogP contribution < -0.4 is 16.0 Å². The summed E-state index contributed by atoms with van der Waals surface area (Å²) in [5.74, 6) is -1.01. The van der Waals surface area contributed by atoms with Crippen LogP contribution in [0.1, 0.15) is 32.3 Å². The number of hydrogen-bond donors (Lipinski definition) is 3. The molecule has 0 aromatic heterocycles. The van der Waals surface area contributed by atoms with E-state index in [-0.39, 0.29) is 25.1 Å². The lowest BCUT2D eigenvalue weighted by Gasteiger charge is -2.13. The summed E-state index contributed by atoms with van der Waals surface area (Å²) < 4.78 is 4.80. The van der Waals surface area contributed by atoms with Crippen LogP contribution >= 0.6 is 0 Å². The van der Waals surface area contributed by atoms with Crippen molar-refractivity contribution in [3.05, 3.63) is 35.9 Å². The molecule has 0 saturated heterocycles. The first-order valence-corrected chi connectivity index (χ1v) is 8.02. The highest BCUT2D eigenvalue weighted by Crippen LogP contribution is 1.97. The SMILES string of the molecule is CCCC(C)NC(=O)COC(=O)CNC(=O)NCc1ccccc1. The molecule has 7 heteroatoms. The first kappa shape index (κ1) is 19.5. The van der Waals surface area contributed by atoms with E-state index in [9.17, 15) is 14.4 Å². The summed E-state index contributed by atoms with van der Waals surface area (Å²) in [6.45, 7) is 3.64. The predicted molar refractivity (Wildman–Crippen MR) is 90.2 cm³/mol. The summed E-state index contributed by atoms with van der Waals surface area (Å²) >= 11 is 0. The number of carbonyl (C=O) groups is 3. The van der Waals surface area contributed by atoms with Gasteiger partial charge in [-0.1, -0.05) is 43.7 Å². The molecule has 3 amide bonds. The molecule has 1 unspecified atom stereocenters. The zero-order chi connectivity index (χ0) is 17.8. The molecule has 132 valence electrons. The highest BCUT2D eigenvalue weighted by molar-refractivity contribution is 5.83.